The van der Waals surface area contributed by atoms with Crippen molar-refractivity contribution in [2.75, 3.05) is 4.90 Å². The van der Waals surface area contributed by atoms with Crippen LogP contribution in [-0.4, -0.2) is 0 Å². The molecule has 10 aromatic carbocycles. The second-order valence-corrected chi connectivity index (χ2v) is 16.0. The number of anilines is 3. The number of nitrogens with zero attached hydrogens (tertiary/aromatic N) is 1. The van der Waals surface area contributed by atoms with E-state index in [1.807, 2.05) is 24.3 Å². The third kappa shape index (κ3) is 6.38. The van der Waals surface area contributed by atoms with Gasteiger partial charge in [0, 0.05) is 44.2 Å². The first-order valence-corrected chi connectivity index (χ1v) is 21.4. The average Bonchev–Trinajstić information content (AvgIpc) is 3.93. The zero-order chi connectivity index (χ0) is 41.7. The molecule has 0 aliphatic rings. The van der Waals surface area contributed by atoms with Gasteiger partial charge >= 0.3 is 0 Å². The predicted molar refractivity (Wildman–Crippen MR) is 263 cm³/mol. The number of fused-ring (bicyclic) bond motifs is 6. The first kappa shape index (κ1) is 36.5. The van der Waals surface area contributed by atoms with Crippen LogP contribution in [0.4, 0.5) is 17.1 Å². The summed E-state index contributed by atoms with van der Waals surface area (Å²) in [6.07, 6.45) is 0. The molecule has 63 heavy (non-hydrogen) atoms. The quantitative estimate of drug-likeness (QED) is 0.153. The van der Waals surface area contributed by atoms with Crippen molar-refractivity contribution in [1.82, 2.24) is 0 Å². The minimum Gasteiger partial charge on any atom is -0.456 e. The van der Waals surface area contributed by atoms with Crippen LogP contribution in [0.5, 0.6) is 0 Å². The number of para-hydroxylation sites is 3. The van der Waals surface area contributed by atoms with Crippen LogP contribution in [0.3, 0.4) is 0 Å². The van der Waals surface area contributed by atoms with Crippen molar-refractivity contribution >= 4 is 60.9 Å². The van der Waals surface area contributed by atoms with Gasteiger partial charge in [0.2, 0.25) is 0 Å². The fourth-order valence-corrected chi connectivity index (χ4v) is 9.39. The second-order valence-electron chi connectivity index (χ2n) is 16.0. The maximum Gasteiger partial charge on any atom is 0.143 e. The molecule has 0 bridgehead atoms. The largest absolute Gasteiger partial charge is 0.456 e. The Labute approximate surface area is 365 Å². The maximum absolute atomic E-state index is 6.47. The minimum absolute atomic E-state index is 0.863. The van der Waals surface area contributed by atoms with E-state index in [1.165, 1.54) is 33.4 Å². The van der Waals surface area contributed by atoms with Crippen molar-refractivity contribution in [2.45, 2.75) is 0 Å². The van der Waals surface area contributed by atoms with Crippen LogP contribution in [0.2, 0.25) is 0 Å². The molecule has 0 fully saturated rings. The third-order valence-electron chi connectivity index (χ3n) is 12.3. The lowest BCUT2D eigenvalue weighted by molar-refractivity contribution is 0.669. The van der Waals surface area contributed by atoms with Crippen LogP contribution in [0, 0.1) is 0 Å². The summed E-state index contributed by atoms with van der Waals surface area (Å²) in [5.74, 6) is 0. The van der Waals surface area contributed by atoms with E-state index in [1.54, 1.807) is 0 Å². The van der Waals surface area contributed by atoms with E-state index in [2.05, 4.69) is 217 Å². The molecule has 0 aliphatic carbocycles. The molecule has 0 atom stereocenters. The number of benzene rings is 10. The van der Waals surface area contributed by atoms with Gasteiger partial charge in [0.15, 0.2) is 0 Å². The predicted octanol–water partition coefficient (Wildman–Crippen LogP) is 17.3. The Bertz CT molecular complexity index is 3620. The number of furan rings is 2. The molecule has 0 radical (unpaired) electrons. The smallest absolute Gasteiger partial charge is 0.143 e. The lowest BCUT2D eigenvalue weighted by atomic mass is 9.84. The minimum atomic E-state index is 0.863. The summed E-state index contributed by atoms with van der Waals surface area (Å²) in [5.41, 5.74) is 18.2. The summed E-state index contributed by atoms with van der Waals surface area (Å²) in [5, 5.41) is 4.41. The molecule has 0 saturated heterocycles. The molecule has 0 aliphatic heterocycles. The molecule has 3 nitrogen and oxygen atoms in total. The van der Waals surface area contributed by atoms with E-state index < -0.39 is 0 Å². The van der Waals surface area contributed by atoms with Crippen molar-refractivity contribution in [1.29, 1.82) is 0 Å². The highest BCUT2D eigenvalue weighted by Crippen LogP contribution is 2.46. The zero-order valence-corrected chi connectivity index (χ0v) is 34.3. The monoisotopic (exact) mass is 805 g/mol. The van der Waals surface area contributed by atoms with Crippen LogP contribution in [0.1, 0.15) is 0 Å². The van der Waals surface area contributed by atoms with Gasteiger partial charge in [0.1, 0.15) is 22.3 Å². The van der Waals surface area contributed by atoms with Gasteiger partial charge in [-0.25, -0.2) is 0 Å². The van der Waals surface area contributed by atoms with Gasteiger partial charge in [-0.2, -0.15) is 0 Å². The fraction of sp³-hybridized carbons (Fsp3) is 0. The van der Waals surface area contributed by atoms with Crippen LogP contribution in [0.25, 0.3) is 99.5 Å². The van der Waals surface area contributed by atoms with Gasteiger partial charge in [-0.1, -0.05) is 182 Å². The van der Waals surface area contributed by atoms with Crippen molar-refractivity contribution in [3.63, 3.8) is 0 Å². The molecule has 0 N–H and O–H groups in total. The van der Waals surface area contributed by atoms with E-state index in [-0.39, 0.29) is 0 Å². The summed E-state index contributed by atoms with van der Waals surface area (Å²) >= 11 is 0. The van der Waals surface area contributed by atoms with Gasteiger partial charge in [-0.05, 0) is 105 Å². The molecule has 2 aromatic heterocycles. The van der Waals surface area contributed by atoms with E-state index in [0.29, 0.717) is 0 Å². The molecule has 0 saturated carbocycles. The normalized spacial score (nSPS) is 11.5. The highest BCUT2D eigenvalue weighted by atomic mass is 16.3. The highest BCUT2D eigenvalue weighted by Gasteiger charge is 2.21. The Balaban J connectivity index is 1.04. The molecule has 3 heteroatoms. The molecule has 0 spiro atoms. The Morgan fingerprint density at radius 2 is 0.730 bits per heavy atom. The molecule has 12 rings (SSSR count). The summed E-state index contributed by atoms with van der Waals surface area (Å²) < 4.78 is 12.8. The number of rotatable bonds is 8. The summed E-state index contributed by atoms with van der Waals surface area (Å²) in [7, 11) is 0. The topological polar surface area (TPSA) is 29.5 Å². The molecule has 0 unspecified atom stereocenters. The van der Waals surface area contributed by atoms with Gasteiger partial charge in [0.05, 0.1) is 0 Å². The van der Waals surface area contributed by atoms with Crippen LogP contribution >= 0.6 is 0 Å². The van der Waals surface area contributed by atoms with Crippen molar-refractivity contribution < 1.29 is 8.83 Å². The Morgan fingerprint density at radius 3 is 1.49 bits per heavy atom. The standard InChI is InChI=1S/C60H39NO2/c1-3-16-40(17-4-1)47-22-7-8-25-53(47)59-48(41-18-5-2-6-19-41)26-14-27-49(59)43-20-13-21-45(38-43)61(46-36-37-58-55(39-46)52-24-10-11-30-56(52)62-58)44-34-32-42(33-35-44)50-28-15-29-54-51-23-9-12-31-57(51)63-60(50)54/h1-39H. The molecule has 296 valence electrons. The van der Waals surface area contributed by atoms with Crippen molar-refractivity contribution in [2.24, 2.45) is 0 Å². The fourth-order valence-electron chi connectivity index (χ4n) is 9.39. The van der Waals surface area contributed by atoms with Crippen LogP contribution in [-0.2, 0) is 0 Å². The van der Waals surface area contributed by atoms with Crippen molar-refractivity contribution in [3.05, 3.63) is 237 Å². The molecular formula is C60H39NO2. The van der Waals surface area contributed by atoms with Gasteiger partial charge in [-0.3, -0.25) is 0 Å². The first-order chi connectivity index (χ1) is 31.2. The van der Waals surface area contributed by atoms with Gasteiger partial charge < -0.3 is 13.7 Å². The summed E-state index contributed by atoms with van der Waals surface area (Å²) in [6, 6.07) is 84.2. The van der Waals surface area contributed by atoms with E-state index in [4.69, 9.17) is 8.83 Å². The molecular weight excluding hydrogens is 767 g/mol. The lowest BCUT2D eigenvalue weighted by Crippen LogP contribution is -2.10. The van der Waals surface area contributed by atoms with E-state index in [9.17, 15) is 0 Å². The number of hydrogen-bond donors (Lipinski definition) is 0. The maximum atomic E-state index is 6.47. The third-order valence-corrected chi connectivity index (χ3v) is 12.3. The van der Waals surface area contributed by atoms with Crippen LogP contribution in [0.15, 0.2) is 245 Å². The second kappa shape index (κ2) is 15.3. The van der Waals surface area contributed by atoms with Gasteiger partial charge in [0.25, 0.3) is 0 Å². The molecule has 12 aromatic rings. The first-order valence-electron chi connectivity index (χ1n) is 21.4. The van der Waals surface area contributed by atoms with Gasteiger partial charge in [-0.15, -0.1) is 0 Å². The molecule has 2 heterocycles. The Morgan fingerprint density at radius 1 is 0.254 bits per heavy atom. The van der Waals surface area contributed by atoms with E-state index in [0.717, 1.165) is 83.2 Å². The number of hydrogen-bond acceptors (Lipinski definition) is 3. The zero-order valence-electron chi connectivity index (χ0n) is 34.3. The Hall–Kier alpha value is -8.40. The highest BCUT2D eigenvalue weighted by molar-refractivity contribution is 6.10. The average molecular weight is 806 g/mol. The molecule has 0 amide bonds. The van der Waals surface area contributed by atoms with Crippen LogP contribution < -0.4 is 4.90 Å². The summed E-state index contributed by atoms with van der Waals surface area (Å²) in [6.45, 7) is 0. The Kier molecular flexibility index (Phi) is 8.83. The van der Waals surface area contributed by atoms with Crippen molar-refractivity contribution in [3.8, 4) is 55.6 Å². The SMILES string of the molecule is c1ccc(-c2ccccc2-c2c(-c3ccccc3)cccc2-c2cccc(N(c3ccc(-c4cccc5c4oc4ccccc45)cc3)c3ccc4oc5ccccc5c4c3)c2)cc1. The summed E-state index contributed by atoms with van der Waals surface area (Å²) in [4.78, 5) is 2.36. The van der Waals surface area contributed by atoms with E-state index >= 15 is 0 Å². The lowest BCUT2D eigenvalue weighted by Gasteiger charge is -2.27.